The Labute approximate surface area is 369 Å². The van der Waals surface area contributed by atoms with Gasteiger partial charge in [-0.05, 0) is 104 Å². The first-order chi connectivity index (χ1) is 30.1. The summed E-state index contributed by atoms with van der Waals surface area (Å²) in [6, 6.07) is 24.7. The van der Waals surface area contributed by atoms with Crippen LogP contribution in [0.3, 0.4) is 0 Å². The first kappa shape index (κ1) is 42.7. The SMILES string of the molecule is COc1cccc(-c2ncc3snc(O[C@H](Cc4ccccc4OCc4ccnc(-c5ccccc5OC)n4)C(=O)O)c3c2C2=C(C)C(Cl)=C(OCC3CCCN3C)C(C)C2)c1. The summed E-state index contributed by atoms with van der Waals surface area (Å²) in [6.07, 6.45) is 4.95. The molecule has 14 heteroatoms. The molecular weight excluding hydrogens is 826 g/mol. The molecular formula is C48H48ClN5O7S. The molecule has 320 valence electrons. The number of halogens is 1. The first-order valence-electron chi connectivity index (χ1n) is 20.5. The smallest absolute Gasteiger partial charge is 0.345 e. The minimum Gasteiger partial charge on any atom is -0.497 e. The van der Waals surface area contributed by atoms with Crippen molar-refractivity contribution in [3.05, 3.63) is 124 Å². The molecule has 62 heavy (non-hydrogen) atoms. The van der Waals surface area contributed by atoms with Crippen molar-refractivity contribution in [1.29, 1.82) is 0 Å². The summed E-state index contributed by atoms with van der Waals surface area (Å²) in [6.45, 7) is 5.87. The lowest BCUT2D eigenvalue weighted by Gasteiger charge is -2.30. The largest absolute Gasteiger partial charge is 0.497 e. The molecule has 8 rings (SSSR count). The van der Waals surface area contributed by atoms with Crippen LogP contribution < -0.4 is 18.9 Å². The van der Waals surface area contributed by atoms with Gasteiger partial charge < -0.3 is 33.7 Å². The third-order valence-electron chi connectivity index (χ3n) is 11.5. The molecule has 4 heterocycles. The zero-order chi connectivity index (χ0) is 43.3. The lowest BCUT2D eigenvalue weighted by atomic mass is 9.83. The molecule has 3 aromatic carbocycles. The Morgan fingerprint density at radius 2 is 1.81 bits per heavy atom. The average molecular weight is 874 g/mol. The van der Waals surface area contributed by atoms with Crippen LogP contribution >= 0.6 is 23.1 Å². The molecule has 3 atom stereocenters. The molecule has 3 aromatic heterocycles. The van der Waals surface area contributed by atoms with E-state index in [2.05, 4.69) is 23.9 Å². The molecule has 0 bridgehead atoms. The Hall–Kier alpha value is -6.02. The van der Waals surface area contributed by atoms with Crippen LogP contribution in [0.2, 0.25) is 0 Å². The number of fused-ring (bicyclic) bond motifs is 1. The van der Waals surface area contributed by atoms with Gasteiger partial charge in [-0.3, -0.25) is 4.98 Å². The molecule has 1 fully saturated rings. The van der Waals surface area contributed by atoms with E-state index in [9.17, 15) is 9.90 Å². The van der Waals surface area contributed by atoms with Gasteiger partial charge in [0.2, 0.25) is 12.0 Å². The number of aromatic nitrogens is 4. The van der Waals surface area contributed by atoms with Gasteiger partial charge in [0.05, 0.1) is 46.3 Å². The van der Waals surface area contributed by atoms with Crippen molar-refractivity contribution in [2.45, 2.75) is 58.3 Å². The van der Waals surface area contributed by atoms with Crippen LogP contribution in [0.5, 0.6) is 23.1 Å². The molecule has 2 aliphatic rings. The number of likely N-dealkylation sites (N-methyl/N-ethyl adjacent to an activating group) is 1. The van der Waals surface area contributed by atoms with Gasteiger partial charge in [-0.2, -0.15) is 4.37 Å². The Morgan fingerprint density at radius 1 is 1.00 bits per heavy atom. The van der Waals surface area contributed by atoms with E-state index in [-0.39, 0.29) is 24.8 Å². The summed E-state index contributed by atoms with van der Waals surface area (Å²) < 4.78 is 35.9. The van der Waals surface area contributed by atoms with E-state index in [0.717, 1.165) is 57.7 Å². The summed E-state index contributed by atoms with van der Waals surface area (Å²) in [5, 5.41) is 11.9. The Kier molecular flexibility index (Phi) is 13.0. The molecule has 0 amide bonds. The average Bonchev–Trinajstić information content (AvgIpc) is 3.91. The zero-order valence-electron chi connectivity index (χ0n) is 35.3. The van der Waals surface area contributed by atoms with Gasteiger partial charge in [0.1, 0.15) is 36.2 Å². The lowest BCUT2D eigenvalue weighted by molar-refractivity contribution is -0.145. The molecule has 2 unspecified atom stereocenters. The van der Waals surface area contributed by atoms with E-state index in [0.29, 0.717) is 69.5 Å². The summed E-state index contributed by atoms with van der Waals surface area (Å²) in [7, 11) is 5.37. The monoisotopic (exact) mass is 873 g/mol. The van der Waals surface area contributed by atoms with Crippen LogP contribution in [0, 0.1) is 5.92 Å². The van der Waals surface area contributed by atoms with Gasteiger partial charge in [0, 0.05) is 41.9 Å². The second-order valence-corrected chi connectivity index (χ2v) is 16.7. The molecule has 1 aliphatic carbocycles. The summed E-state index contributed by atoms with van der Waals surface area (Å²) in [5.74, 6) is 2.12. The highest BCUT2D eigenvalue weighted by Gasteiger charge is 2.33. The molecule has 1 saturated heterocycles. The number of likely N-dealkylation sites (tertiary alicyclic amines) is 1. The van der Waals surface area contributed by atoms with Gasteiger partial charge in [-0.25, -0.2) is 14.8 Å². The van der Waals surface area contributed by atoms with Crippen molar-refractivity contribution in [3.8, 4) is 45.8 Å². The standard InChI is InChI=1S/C48H48ClN5O7S/c1-28-22-36(29(2)43(49)45(28)60-27-33-14-11-21-54(33)3)41-42-40(25-51-44(41)31-13-10-15-34(23-31)57-4)62-53-47(42)61-39(48(55)56)24-30-12-6-8-17-37(30)59-26-32-19-20-50-46(52-32)35-16-7-9-18-38(35)58-5/h6-10,12-13,15-20,23,25,28,33,39H,11,14,21-22,24,26-27H2,1-5H3,(H,55,56)/t28?,33?,39-/m1/s1. The van der Waals surface area contributed by atoms with Crippen molar-refractivity contribution < 1.29 is 33.6 Å². The minimum atomic E-state index is -1.32. The van der Waals surface area contributed by atoms with Gasteiger partial charge in [-0.15, -0.1) is 0 Å². The highest BCUT2D eigenvalue weighted by atomic mass is 35.5. The van der Waals surface area contributed by atoms with Gasteiger partial charge >= 0.3 is 5.97 Å². The maximum Gasteiger partial charge on any atom is 0.345 e. The zero-order valence-corrected chi connectivity index (χ0v) is 36.8. The number of carboxylic acid groups (broad SMARTS) is 1. The van der Waals surface area contributed by atoms with Crippen LogP contribution in [-0.2, 0) is 22.6 Å². The predicted molar refractivity (Wildman–Crippen MR) is 241 cm³/mol. The van der Waals surface area contributed by atoms with Crippen LogP contribution in [0.4, 0.5) is 0 Å². The number of carboxylic acids is 1. The molecule has 0 radical (unpaired) electrons. The first-order valence-corrected chi connectivity index (χ1v) is 21.7. The number of methoxy groups -OCH3 is 2. The molecule has 0 saturated carbocycles. The molecule has 0 spiro atoms. The molecule has 12 nitrogen and oxygen atoms in total. The van der Waals surface area contributed by atoms with Crippen LogP contribution in [-0.4, -0.2) is 81.9 Å². The maximum absolute atomic E-state index is 13.1. The van der Waals surface area contributed by atoms with Crippen molar-refractivity contribution in [2.24, 2.45) is 5.92 Å². The van der Waals surface area contributed by atoms with Gasteiger partial charge in [-0.1, -0.05) is 61.0 Å². The number of carbonyl (C=O) groups is 1. The van der Waals surface area contributed by atoms with Gasteiger partial charge in [0.25, 0.3) is 0 Å². The number of benzene rings is 3. The lowest BCUT2D eigenvalue weighted by Crippen LogP contribution is -2.30. The van der Waals surface area contributed by atoms with Crippen molar-refractivity contribution in [3.63, 3.8) is 0 Å². The quantitative estimate of drug-likeness (QED) is 0.0991. The second kappa shape index (κ2) is 18.9. The van der Waals surface area contributed by atoms with E-state index < -0.39 is 12.1 Å². The summed E-state index contributed by atoms with van der Waals surface area (Å²) >= 11 is 8.45. The van der Waals surface area contributed by atoms with E-state index in [1.807, 2.05) is 73.7 Å². The summed E-state index contributed by atoms with van der Waals surface area (Å²) in [5.41, 5.74) is 6.12. The highest BCUT2D eigenvalue weighted by Crippen LogP contribution is 2.48. The van der Waals surface area contributed by atoms with E-state index >= 15 is 0 Å². The third kappa shape index (κ3) is 8.97. The number of aliphatic carboxylic acids is 1. The fourth-order valence-corrected chi connectivity index (χ4v) is 9.20. The van der Waals surface area contributed by atoms with E-state index in [4.69, 9.17) is 49.6 Å². The normalized spacial score (nSPS) is 17.3. The van der Waals surface area contributed by atoms with Crippen LogP contribution in [0.25, 0.3) is 38.3 Å². The van der Waals surface area contributed by atoms with E-state index in [1.165, 1.54) is 11.5 Å². The fourth-order valence-electron chi connectivity index (χ4n) is 8.15. The number of allylic oxidation sites excluding steroid dienone is 4. The number of para-hydroxylation sites is 2. The van der Waals surface area contributed by atoms with Crippen LogP contribution in [0.15, 0.2) is 108 Å². The van der Waals surface area contributed by atoms with Crippen LogP contribution in [0.1, 0.15) is 49.9 Å². The minimum absolute atomic E-state index is 0.00582. The fraction of sp³-hybridized carbons (Fsp3) is 0.312. The number of rotatable bonds is 16. The van der Waals surface area contributed by atoms with Crippen molar-refractivity contribution >= 4 is 44.8 Å². The predicted octanol–water partition coefficient (Wildman–Crippen LogP) is 9.86. The van der Waals surface area contributed by atoms with Crippen molar-refractivity contribution in [1.82, 2.24) is 24.2 Å². The number of pyridine rings is 1. The second-order valence-electron chi connectivity index (χ2n) is 15.5. The van der Waals surface area contributed by atoms with E-state index in [1.54, 1.807) is 38.7 Å². The molecule has 1 aliphatic heterocycles. The maximum atomic E-state index is 13.1. The Bertz CT molecular complexity index is 2670. The Morgan fingerprint density at radius 3 is 2.58 bits per heavy atom. The summed E-state index contributed by atoms with van der Waals surface area (Å²) in [4.78, 5) is 29.6. The number of hydrogen-bond donors (Lipinski definition) is 1. The number of hydrogen-bond acceptors (Lipinski definition) is 12. The molecule has 6 aromatic rings. The van der Waals surface area contributed by atoms with Gasteiger partial charge in [0.15, 0.2) is 5.82 Å². The number of ether oxygens (including phenoxy) is 5. The topological polar surface area (TPSA) is 138 Å². The number of nitrogens with zero attached hydrogens (tertiary/aromatic N) is 5. The highest BCUT2D eigenvalue weighted by molar-refractivity contribution is 7.13. The molecule has 1 N–H and O–H groups in total. The third-order valence-corrected chi connectivity index (χ3v) is 12.8. The van der Waals surface area contributed by atoms with Crippen molar-refractivity contribution in [2.75, 3.05) is 34.4 Å². The Balaban J connectivity index is 1.12.